The Morgan fingerprint density at radius 2 is 1.79 bits per heavy atom. The van der Waals surface area contributed by atoms with Gasteiger partial charge in [-0.25, -0.2) is 9.10 Å². The summed E-state index contributed by atoms with van der Waals surface area (Å²) in [6.07, 6.45) is -3.08. The van der Waals surface area contributed by atoms with Gasteiger partial charge < -0.3 is 15.2 Å². The van der Waals surface area contributed by atoms with Gasteiger partial charge in [0.05, 0.1) is 5.56 Å². The van der Waals surface area contributed by atoms with Crippen LogP contribution in [-0.2, 0) is 22.1 Å². The van der Waals surface area contributed by atoms with E-state index in [2.05, 4.69) is 5.32 Å². The molecule has 43 heavy (non-hydrogen) atoms. The van der Waals surface area contributed by atoms with Crippen molar-refractivity contribution in [2.24, 2.45) is 0 Å². The molecule has 3 heterocycles. The van der Waals surface area contributed by atoms with Gasteiger partial charge in [-0.3, -0.25) is 9.36 Å². The first-order chi connectivity index (χ1) is 20.6. The molecule has 2 N–H and O–H groups in total. The van der Waals surface area contributed by atoms with Gasteiger partial charge >= 0.3 is 12.1 Å². The Morgan fingerprint density at radius 1 is 1.07 bits per heavy atom. The average molecular weight is 610 g/mol. The van der Waals surface area contributed by atoms with Crippen LogP contribution in [0.4, 0.5) is 18.9 Å². The summed E-state index contributed by atoms with van der Waals surface area (Å²) < 4.78 is 50.3. The maximum atomic E-state index is 14.4. The molecule has 0 spiro atoms. The fourth-order valence-electron chi connectivity index (χ4n) is 5.95. The van der Waals surface area contributed by atoms with E-state index in [1.807, 2.05) is 42.5 Å². The highest BCUT2D eigenvalue weighted by Crippen LogP contribution is 2.44. The molecule has 1 unspecified atom stereocenters. The van der Waals surface area contributed by atoms with Crippen LogP contribution in [0.25, 0.3) is 21.9 Å². The van der Waals surface area contributed by atoms with E-state index in [1.54, 1.807) is 17.4 Å². The Kier molecular flexibility index (Phi) is 7.97. The molecule has 0 saturated carbocycles. The van der Waals surface area contributed by atoms with Crippen LogP contribution >= 0.6 is 11.9 Å². The smallest absolute Gasteiger partial charge is 0.416 e. The van der Waals surface area contributed by atoms with E-state index in [4.69, 9.17) is 4.74 Å². The lowest BCUT2D eigenvalue weighted by molar-refractivity contribution is -0.141. The van der Waals surface area contributed by atoms with Gasteiger partial charge in [-0.2, -0.15) is 13.2 Å². The molecule has 0 bridgehead atoms. The number of nitrogens with zero attached hydrogens (tertiary/aromatic N) is 2. The van der Waals surface area contributed by atoms with Crippen LogP contribution in [0.3, 0.4) is 0 Å². The highest BCUT2D eigenvalue weighted by molar-refractivity contribution is 7.97. The van der Waals surface area contributed by atoms with Crippen molar-refractivity contribution < 1.29 is 27.8 Å². The van der Waals surface area contributed by atoms with Gasteiger partial charge in [0.25, 0.3) is 5.56 Å². The maximum Gasteiger partial charge on any atom is 0.416 e. The number of alkyl halides is 3. The molecule has 7 nitrogen and oxygen atoms in total. The molecular formula is C32H30F3N3O4S. The molecule has 1 saturated heterocycles. The third-order valence-electron chi connectivity index (χ3n) is 8.03. The third kappa shape index (κ3) is 5.76. The van der Waals surface area contributed by atoms with E-state index < -0.39 is 29.3 Å². The molecule has 224 valence electrons. The van der Waals surface area contributed by atoms with E-state index in [9.17, 15) is 27.9 Å². The fourth-order valence-corrected chi connectivity index (χ4v) is 7.09. The summed E-state index contributed by atoms with van der Waals surface area (Å²) in [7, 11) is 1.71. The molecule has 0 aliphatic carbocycles. The summed E-state index contributed by atoms with van der Waals surface area (Å²) in [6, 6.07) is 17.4. The van der Waals surface area contributed by atoms with Crippen LogP contribution in [-0.4, -0.2) is 52.8 Å². The van der Waals surface area contributed by atoms with Crippen molar-refractivity contribution in [1.82, 2.24) is 8.87 Å². The second-order valence-electron chi connectivity index (χ2n) is 10.9. The zero-order valence-electron chi connectivity index (χ0n) is 23.4. The molecule has 11 heteroatoms. The van der Waals surface area contributed by atoms with Crippen molar-refractivity contribution in [3.8, 4) is 11.1 Å². The molecule has 4 aromatic rings. The number of hydrogen-bond donors (Lipinski definition) is 2. The summed E-state index contributed by atoms with van der Waals surface area (Å²) in [5, 5.41) is 15.9. The van der Waals surface area contributed by atoms with E-state index in [-0.39, 0.29) is 30.3 Å². The number of carboxylic acid groups (broad SMARTS) is 1. The molecule has 0 radical (unpaired) electrons. The zero-order chi connectivity index (χ0) is 30.3. The van der Waals surface area contributed by atoms with Crippen LogP contribution in [0.5, 0.6) is 0 Å². The summed E-state index contributed by atoms with van der Waals surface area (Å²) >= 11 is 1.17. The Morgan fingerprint density at radius 3 is 2.53 bits per heavy atom. The molecule has 2 aliphatic heterocycles. The number of fused-ring (bicyclic) bond motifs is 2. The van der Waals surface area contributed by atoms with Crippen LogP contribution in [0.15, 0.2) is 76.6 Å². The van der Waals surface area contributed by atoms with E-state index >= 15 is 0 Å². The van der Waals surface area contributed by atoms with Crippen molar-refractivity contribution in [2.45, 2.75) is 42.5 Å². The summed E-state index contributed by atoms with van der Waals surface area (Å²) in [5.41, 5.74) is 0.994. The number of aromatic nitrogens is 1. The number of hydrogen-bond acceptors (Lipinski definition) is 6. The van der Waals surface area contributed by atoms with Crippen molar-refractivity contribution in [2.75, 3.05) is 32.1 Å². The van der Waals surface area contributed by atoms with Gasteiger partial charge in [-0.15, -0.1) is 0 Å². The lowest BCUT2D eigenvalue weighted by Crippen LogP contribution is -2.43. The first-order valence-corrected chi connectivity index (χ1v) is 14.8. The monoisotopic (exact) mass is 609 g/mol. The number of aliphatic carboxylic acids is 1. The number of likely N-dealkylation sites (N-methyl/N-ethyl adjacent to an activating group) is 1. The van der Waals surface area contributed by atoms with Gasteiger partial charge in [-0.1, -0.05) is 54.6 Å². The van der Waals surface area contributed by atoms with E-state index in [0.29, 0.717) is 42.2 Å². The Balaban J connectivity index is 1.68. The second-order valence-corrected chi connectivity index (χ2v) is 12.1. The molecule has 6 rings (SSSR count). The number of ether oxygens (including phenoxy) is 1. The van der Waals surface area contributed by atoms with Crippen LogP contribution < -0.4 is 10.9 Å². The standard InChI is InChI=1S/C32H30F3N3O4S/c1-37-18-26(31(40)41)38-29(39)28(36-23-12-14-42-15-13-23)25(17-20-8-4-7-19-6-2-3-11-24(19)20)27(30(38)43-37)21-9-5-10-22(16-21)32(33,34)35/h2-11,16,23,26,36H,12-15,17-18H2,1H3,(H,40,41). The number of carbonyl (C=O) groups is 1. The highest BCUT2D eigenvalue weighted by Gasteiger charge is 2.37. The number of carboxylic acids is 1. The van der Waals surface area contributed by atoms with Crippen molar-refractivity contribution >= 4 is 34.4 Å². The lowest BCUT2D eigenvalue weighted by atomic mass is 9.91. The minimum atomic E-state index is -4.59. The average Bonchev–Trinajstić information content (AvgIpc) is 2.99. The summed E-state index contributed by atoms with van der Waals surface area (Å²) in [6.45, 7) is 1.05. The zero-order valence-corrected chi connectivity index (χ0v) is 24.2. The number of nitrogens with one attached hydrogen (secondary N) is 1. The molecule has 1 fully saturated rings. The van der Waals surface area contributed by atoms with Gasteiger partial charge in [0.15, 0.2) is 0 Å². The van der Waals surface area contributed by atoms with Crippen molar-refractivity contribution in [3.63, 3.8) is 0 Å². The Hall–Kier alpha value is -3.80. The second kappa shape index (κ2) is 11.7. The number of pyridine rings is 1. The summed E-state index contributed by atoms with van der Waals surface area (Å²) in [5.74, 6) is -1.19. The van der Waals surface area contributed by atoms with Crippen molar-refractivity contribution in [1.29, 1.82) is 0 Å². The van der Waals surface area contributed by atoms with Crippen LogP contribution in [0, 0.1) is 0 Å². The Labute approximate surface area is 250 Å². The molecule has 1 aromatic heterocycles. The largest absolute Gasteiger partial charge is 0.480 e. The van der Waals surface area contributed by atoms with Gasteiger partial charge in [0, 0.05) is 37.8 Å². The molecule has 0 amide bonds. The van der Waals surface area contributed by atoms with E-state index in [0.717, 1.165) is 28.5 Å². The van der Waals surface area contributed by atoms with Gasteiger partial charge in [0.1, 0.15) is 16.8 Å². The van der Waals surface area contributed by atoms with Crippen LogP contribution in [0.1, 0.15) is 35.6 Å². The first kappa shape index (κ1) is 29.3. The van der Waals surface area contributed by atoms with Gasteiger partial charge in [0.2, 0.25) is 0 Å². The van der Waals surface area contributed by atoms with Crippen molar-refractivity contribution in [3.05, 3.63) is 93.8 Å². The number of halogens is 3. The molecular weight excluding hydrogens is 579 g/mol. The minimum absolute atomic E-state index is 0.0499. The molecule has 1 atom stereocenters. The first-order valence-electron chi connectivity index (χ1n) is 14.0. The number of anilines is 1. The normalized spacial score (nSPS) is 18.0. The fraction of sp³-hybridized carbons (Fsp3) is 0.312. The molecule has 3 aromatic carbocycles. The maximum absolute atomic E-state index is 14.4. The highest BCUT2D eigenvalue weighted by atomic mass is 32.2. The topological polar surface area (TPSA) is 83.8 Å². The van der Waals surface area contributed by atoms with E-state index in [1.165, 1.54) is 22.6 Å². The molecule has 2 aliphatic rings. The Bertz CT molecular complexity index is 1750. The summed E-state index contributed by atoms with van der Waals surface area (Å²) in [4.78, 5) is 26.9. The van der Waals surface area contributed by atoms with Gasteiger partial charge in [-0.05, 0) is 71.4 Å². The quantitative estimate of drug-likeness (QED) is 0.243. The van der Waals surface area contributed by atoms with Crippen LogP contribution in [0.2, 0.25) is 0 Å². The SMILES string of the molecule is CN1CC(C(=O)O)n2c(c(-c3cccc(C(F)(F)F)c3)c(Cc3cccc4ccccc34)c(NC3CCOCC3)c2=O)S1. The predicted octanol–water partition coefficient (Wildman–Crippen LogP) is 6.45. The minimum Gasteiger partial charge on any atom is -0.480 e. The number of benzene rings is 3. The predicted molar refractivity (Wildman–Crippen MR) is 161 cm³/mol. The third-order valence-corrected chi connectivity index (χ3v) is 9.07. The lowest BCUT2D eigenvalue weighted by Gasteiger charge is -2.35. The number of rotatable bonds is 6.